The number of methoxy groups -OCH3 is 1. The van der Waals surface area contributed by atoms with Crippen molar-refractivity contribution >= 4 is 5.78 Å². The minimum atomic E-state index is 0.351. The van der Waals surface area contributed by atoms with Crippen LogP contribution >= 0.6 is 0 Å². The fourth-order valence-electron chi connectivity index (χ4n) is 9.42. The summed E-state index contributed by atoms with van der Waals surface area (Å²) in [5.74, 6) is 6.15. The molecule has 32 heavy (non-hydrogen) atoms. The number of rotatable bonds is 6. The van der Waals surface area contributed by atoms with Crippen molar-refractivity contribution in [2.24, 2.45) is 58.2 Å². The van der Waals surface area contributed by atoms with E-state index in [1.807, 2.05) is 7.11 Å². The molecule has 0 spiro atoms. The zero-order valence-electron chi connectivity index (χ0n) is 22.0. The van der Waals surface area contributed by atoms with Crippen molar-refractivity contribution in [1.82, 2.24) is 0 Å². The van der Waals surface area contributed by atoms with Crippen LogP contribution < -0.4 is 0 Å². The van der Waals surface area contributed by atoms with Gasteiger partial charge in [-0.15, -0.1) is 0 Å². The van der Waals surface area contributed by atoms with Gasteiger partial charge in [0, 0.05) is 20.0 Å². The Morgan fingerprint density at radius 2 is 1.75 bits per heavy atom. The maximum Gasteiger partial charge on any atom is 0.133 e. The van der Waals surface area contributed by atoms with Crippen LogP contribution in [0.2, 0.25) is 0 Å². The van der Waals surface area contributed by atoms with E-state index in [1.165, 1.54) is 32.1 Å². The number of hydrogen-bond donors (Lipinski definition) is 0. The van der Waals surface area contributed by atoms with E-state index in [1.54, 1.807) is 0 Å². The van der Waals surface area contributed by atoms with Crippen molar-refractivity contribution in [3.05, 3.63) is 12.2 Å². The number of carbonyl (C=O) groups excluding carboxylic acids is 1. The fraction of sp³-hybridized carbons (Fsp3) is 0.900. The van der Waals surface area contributed by atoms with Gasteiger partial charge in [0.25, 0.3) is 0 Å². The zero-order chi connectivity index (χ0) is 23.3. The van der Waals surface area contributed by atoms with Crippen LogP contribution in [0.3, 0.4) is 0 Å². The molecule has 2 nitrogen and oxygen atoms in total. The quantitative estimate of drug-likeness (QED) is 0.394. The van der Waals surface area contributed by atoms with Gasteiger partial charge in [-0.25, -0.2) is 0 Å². The van der Waals surface area contributed by atoms with Gasteiger partial charge in [0.15, 0.2) is 0 Å². The second-order valence-electron chi connectivity index (χ2n) is 13.0. The Kier molecular flexibility index (Phi) is 7.04. The van der Waals surface area contributed by atoms with Crippen LogP contribution in [-0.4, -0.2) is 19.0 Å². The highest BCUT2D eigenvalue weighted by Crippen LogP contribution is 2.68. The summed E-state index contributed by atoms with van der Waals surface area (Å²) < 4.78 is 6.23. The average Bonchev–Trinajstić information content (AvgIpc) is 3.11. The molecule has 0 saturated heterocycles. The molecule has 0 bridgehead atoms. The van der Waals surface area contributed by atoms with Crippen molar-refractivity contribution in [2.75, 3.05) is 7.11 Å². The summed E-state index contributed by atoms with van der Waals surface area (Å²) in [5.41, 5.74) is 0.791. The van der Waals surface area contributed by atoms with Gasteiger partial charge in [-0.3, -0.25) is 4.79 Å². The number of carbonyl (C=O) groups is 1. The van der Waals surface area contributed by atoms with Crippen LogP contribution in [0, 0.1) is 58.2 Å². The lowest BCUT2D eigenvalue weighted by Crippen LogP contribution is -2.58. The van der Waals surface area contributed by atoms with Gasteiger partial charge in [-0.05, 0) is 103 Å². The predicted octanol–water partition coefficient (Wildman–Crippen LogP) is 7.71. The van der Waals surface area contributed by atoms with E-state index in [4.69, 9.17) is 4.74 Å². The lowest BCUT2D eigenvalue weighted by molar-refractivity contribution is -0.175. The van der Waals surface area contributed by atoms with E-state index in [0.717, 1.165) is 49.4 Å². The summed E-state index contributed by atoms with van der Waals surface area (Å²) in [6, 6.07) is 0. The topological polar surface area (TPSA) is 26.3 Å². The molecule has 2 heteroatoms. The molecule has 4 rings (SSSR count). The molecule has 4 aliphatic rings. The molecule has 0 radical (unpaired) electrons. The summed E-state index contributed by atoms with van der Waals surface area (Å²) >= 11 is 0. The third kappa shape index (κ3) is 3.95. The Labute approximate surface area is 198 Å². The molecule has 182 valence electrons. The zero-order valence-corrected chi connectivity index (χ0v) is 22.0. The number of allylic oxidation sites excluding steroid dienone is 2. The first-order chi connectivity index (χ1) is 15.2. The maximum atomic E-state index is 12.3. The SMILES string of the molecule is CCC(/C=C/C(C)[C@H]1CCC2C3C(CC[C@@]21C)[C@@]1(C)CCC(=O)C[C@@H]1C[C@H]3OC)C(C)C. The normalized spacial score (nSPS) is 46.1. The van der Waals surface area contributed by atoms with Crippen LogP contribution in [0.4, 0.5) is 0 Å². The molecule has 0 N–H and O–H groups in total. The highest BCUT2D eigenvalue weighted by atomic mass is 16.5. The third-order valence-corrected chi connectivity index (χ3v) is 11.5. The minimum Gasteiger partial charge on any atom is -0.381 e. The van der Waals surface area contributed by atoms with Gasteiger partial charge in [-0.1, -0.05) is 53.7 Å². The van der Waals surface area contributed by atoms with Crippen molar-refractivity contribution in [3.8, 4) is 0 Å². The van der Waals surface area contributed by atoms with Crippen LogP contribution in [0.1, 0.15) is 99.3 Å². The van der Waals surface area contributed by atoms with Gasteiger partial charge in [0.2, 0.25) is 0 Å². The standard InChI is InChI=1S/C30H50O2/c1-8-21(19(2)3)10-9-20(4)24-11-12-25-28-26(14-16-30(24,25)6)29(5)15-13-23(31)17-22(29)18-27(28)32-7/h9-10,19-22,24-28H,8,11-18H2,1-7H3/b10-9+/t20?,21?,22-,24-,25?,26?,27-,28?,29+,30-/m1/s1. The predicted molar refractivity (Wildman–Crippen MR) is 133 cm³/mol. The van der Waals surface area contributed by atoms with E-state index in [0.29, 0.717) is 46.4 Å². The molecule has 5 unspecified atom stereocenters. The van der Waals surface area contributed by atoms with Crippen LogP contribution in [0.5, 0.6) is 0 Å². The van der Waals surface area contributed by atoms with Crippen LogP contribution in [0.25, 0.3) is 0 Å². The molecule has 4 saturated carbocycles. The molecular weight excluding hydrogens is 392 g/mol. The fourth-order valence-corrected chi connectivity index (χ4v) is 9.42. The summed E-state index contributed by atoms with van der Waals surface area (Å²) in [6.07, 6.45) is 16.0. The molecule has 0 aromatic heterocycles. The van der Waals surface area contributed by atoms with Crippen molar-refractivity contribution in [2.45, 2.75) is 105 Å². The molecule has 0 aromatic rings. The lowest BCUT2D eigenvalue weighted by Gasteiger charge is -2.62. The monoisotopic (exact) mass is 442 g/mol. The Hall–Kier alpha value is -0.630. The van der Waals surface area contributed by atoms with Crippen molar-refractivity contribution < 1.29 is 9.53 Å². The highest BCUT2D eigenvalue weighted by Gasteiger charge is 2.63. The summed E-state index contributed by atoms with van der Waals surface area (Å²) in [5, 5.41) is 0. The maximum absolute atomic E-state index is 12.3. The Morgan fingerprint density at radius 3 is 2.41 bits per heavy atom. The van der Waals surface area contributed by atoms with Crippen molar-refractivity contribution in [3.63, 3.8) is 0 Å². The van der Waals surface area contributed by atoms with E-state index in [9.17, 15) is 4.79 Å². The number of fused-ring (bicyclic) bond motifs is 5. The second-order valence-corrected chi connectivity index (χ2v) is 13.0. The summed E-state index contributed by atoms with van der Waals surface area (Å²) in [7, 11) is 1.94. The van der Waals surface area contributed by atoms with E-state index >= 15 is 0 Å². The molecular formula is C30H50O2. The molecule has 10 atom stereocenters. The summed E-state index contributed by atoms with van der Waals surface area (Å²) in [4.78, 5) is 12.3. The van der Waals surface area contributed by atoms with Gasteiger partial charge < -0.3 is 4.74 Å². The van der Waals surface area contributed by atoms with E-state index in [-0.39, 0.29) is 0 Å². The molecule has 0 aliphatic heterocycles. The van der Waals surface area contributed by atoms with Crippen LogP contribution in [0.15, 0.2) is 12.2 Å². The average molecular weight is 443 g/mol. The Balaban J connectivity index is 1.57. The Morgan fingerprint density at radius 1 is 1.03 bits per heavy atom. The minimum absolute atomic E-state index is 0.351. The first-order valence-corrected chi connectivity index (χ1v) is 13.9. The van der Waals surface area contributed by atoms with Crippen LogP contribution in [-0.2, 0) is 9.53 Å². The van der Waals surface area contributed by atoms with Gasteiger partial charge >= 0.3 is 0 Å². The second kappa shape index (κ2) is 9.20. The molecule has 4 fully saturated rings. The first-order valence-electron chi connectivity index (χ1n) is 13.9. The molecule has 0 aromatic carbocycles. The third-order valence-electron chi connectivity index (χ3n) is 11.5. The number of Topliss-reactive ketones (excluding diaryl/α,β-unsaturated/α-hetero) is 1. The van der Waals surface area contributed by atoms with Gasteiger partial charge in [0.05, 0.1) is 6.10 Å². The first kappa shape index (κ1) is 24.5. The van der Waals surface area contributed by atoms with E-state index < -0.39 is 0 Å². The number of ether oxygens (including phenoxy) is 1. The molecule has 0 heterocycles. The number of hydrogen-bond acceptors (Lipinski definition) is 2. The smallest absolute Gasteiger partial charge is 0.133 e. The van der Waals surface area contributed by atoms with Crippen molar-refractivity contribution in [1.29, 1.82) is 0 Å². The molecule has 4 aliphatic carbocycles. The van der Waals surface area contributed by atoms with Gasteiger partial charge in [-0.2, -0.15) is 0 Å². The number of ketones is 1. The van der Waals surface area contributed by atoms with Gasteiger partial charge in [0.1, 0.15) is 5.78 Å². The Bertz CT molecular complexity index is 710. The van der Waals surface area contributed by atoms with E-state index in [2.05, 4.69) is 53.7 Å². The molecule has 0 amide bonds. The lowest BCUT2D eigenvalue weighted by atomic mass is 9.44. The highest BCUT2D eigenvalue weighted by molar-refractivity contribution is 5.79. The summed E-state index contributed by atoms with van der Waals surface area (Å²) in [6.45, 7) is 14.7. The largest absolute Gasteiger partial charge is 0.381 e.